The van der Waals surface area contributed by atoms with Crippen LogP contribution in [0.3, 0.4) is 0 Å². The molecule has 0 saturated heterocycles. The average Bonchev–Trinajstić information content (AvgIpc) is 2.56. The lowest BCUT2D eigenvalue weighted by Crippen LogP contribution is -2.34. The molecule has 1 aromatic rings. The van der Waals surface area contributed by atoms with Gasteiger partial charge in [0, 0.05) is 18.8 Å². The maximum Gasteiger partial charge on any atom is 0.261 e. The van der Waals surface area contributed by atoms with Gasteiger partial charge in [0.25, 0.3) is 10.0 Å². The number of hydrogen-bond donors (Lipinski definition) is 1. The Morgan fingerprint density at radius 2 is 2.29 bits per heavy atom. The van der Waals surface area contributed by atoms with E-state index >= 15 is 0 Å². The van der Waals surface area contributed by atoms with E-state index in [1.54, 1.807) is 18.8 Å². The highest BCUT2D eigenvalue weighted by atomic mass is 35.5. The van der Waals surface area contributed by atoms with Crippen molar-refractivity contribution < 1.29 is 8.42 Å². The van der Waals surface area contributed by atoms with Gasteiger partial charge in [-0.15, -0.1) is 0 Å². The number of aromatic nitrogens is 2. The SMILES string of the molecule is CCSCC(C)NS(=O)(=O)c1ncn(C)c1Cl. The smallest absolute Gasteiger partial charge is 0.261 e. The minimum Gasteiger partial charge on any atom is -0.324 e. The minimum absolute atomic E-state index is 0.116. The van der Waals surface area contributed by atoms with Gasteiger partial charge in [-0.2, -0.15) is 11.8 Å². The Morgan fingerprint density at radius 1 is 1.65 bits per heavy atom. The lowest BCUT2D eigenvalue weighted by molar-refractivity contribution is 0.568. The largest absolute Gasteiger partial charge is 0.324 e. The number of nitrogens with one attached hydrogen (secondary N) is 1. The standard InChI is InChI=1S/C9H16ClN3O2S2/c1-4-16-5-7(2)12-17(14,15)9-8(10)13(3)6-11-9/h6-7,12H,4-5H2,1-3H3. The molecule has 0 bridgehead atoms. The summed E-state index contributed by atoms with van der Waals surface area (Å²) in [4.78, 5) is 3.79. The van der Waals surface area contributed by atoms with E-state index < -0.39 is 10.0 Å². The number of thioether (sulfide) groups is 1. The van der Waals surface area contributed by atoms with Crippen molar-refractivity contribution in [3.63, 3.8) is 0 Å². The molecular formula is C9H16ClN3O2S2. The summed E-state index contributed by atoms with van der Waals surface area (Å²) in [6.45, 7) is 3.85. The summed E-state index contributed by atoms with van der Waals surface area (Å²) in [6, 6.07) is -0.150. The Balaban J connectivity index is 2.79. The number of aryl methyl sites for hydroxylation is 1. The first-order chi connectivity index (χ1) is 7.88. The van der Waals surface area contributed by atoms with E-state index in [2.05, 4.69) is 9.71 Å². The Kier molecular flexibility index (Phi) is 5.30. The highest BCUT2D eigenvalue weighted by molar-refractivity contribution is 7.99. The molecule has 0 aliphatic heterocycles. The predicted octanol–water partition coefficient (Wildman–Crippen LogP) is 1.49. The van der Waals surface area contributed by atoms with Crippen LogP contribution in [-0.4, -0.2) is 35.5 Å². The van der Waals surface area contributed by atoms with Crippen molar-refractivity contribution in [1.29, 1.82) is 0 Å². The van der Waals surface area contributed by atoms with E-state index in [1.807, 2.05) is 13.8 Å². The average molecular weight is 298 g/mol. The van der Waals surface area contributed by atoms with Gasteiger partial charge in [0.2, 0.25) is 5.03 Å². The highest BCUT2D eigenvalue weighted by Crippen LogP contribution is 2.18. The second-order valence-electron chi connectivity index (χ2n) is 3.63. The summed E-state index contributed by atoms with van der Waals surface area (Å²) in [6.07, 6.45) is 1.38. The number of halogens is 1. The molecule has 1 unspecified atom stereocenters. The van der Waals surface area contributed by atoms with Crippen molar-refractivity contribution in [1.82, 2.24) is 14.3 Å². The molecule has 0 saturated carbocycles. The Bertz CT molecular complexity index is 473. The molecule has 0 spiro atoms. The van der Waals surface area contributed by atoms with Crippen molar-refractivity contribution in [2.24, 2.45) is 7.05 Å². The minimum atomic E-state index is -3.63. The lowest BCUT2D eigenvalue weighted by atomic mass is 10.4. The van der Waals surface area contributed by atoms with Crippen LogP contribution in [-0.2, 0) is 17.1 Å². The van der Waals surface area contributed by atoms with E-state index in [0.717, 1.165) is 11.5 Å². The first-order valence-electron chi connectivity index (χ1n) is 5.15. The van der Waals surface area contributed by atoms with Gasteiger partial charge >= 0.3 is 0 Å². The number of hydrogen-bond acceptors (Lipinski definition) is 4. The molecule has 0 aromatic carbocycles. The fourth-order valence-electron chi connectivity index (χ4n) is 1.22. The van der Waals surface area contributed by atoms with Crippen LogP contribution < -0.4 is 4.72 Å². The summed E-state index contributed by atoms with van der Waals surface area (Å²) in [5.74, 6) is 1.68. The number of rotatable bonds is 6. The van der Waals surface area contributed by atoms with Crippen molar-refractivity contribution in [3.05, 3.63) is 11.5 Å². The van der Waals surface area contributed by atoms with Gasteiger partial charge in [-0.25, -0.2) is 18.1 Å². The van der Waals surface area contributed by atoms with Gasteiger partial charge in [0.15, 0.2) is 0 Å². The third kappa shape index (κ3) is 3.87. The predicted molar refractivity (Wildman–Crippen MR) is 71.0 cm³/mol. The molecule has 0 aliphatic rings. The number of nitrogens with zero attached hydrogens (tertiary/aromatic N) is 2. The van der Waals surface area contributed by atoms with E-state index in [1.165, 1.54) is 10.9 Å². The fourth-order valence-corrected chi connectivity index (χ4v) is 3.68. The Hall–Kier alpha value is -0.240. The summed E-state index contributed by atoms with van der Waals surface area (Å²) in [7, 11) is -1.98. The van der Waals surface area contributed by atoms with E-state index in [9.17, 15) is 8.42 Å². The van der Waals surface area contributed by atoms with Crippen molar-refractivity contribution >= 4 is 33.4 Å². The van der Waals surface area contributed by atoms with Crippen LogP contribution in [0.4, 0.5) is 0 Å². The van der Waals surface area contributed by atoms with Crippen LogP contribution in [0.1, 0.15) is 13.8 Å². The molecule has 8 heteroatoms. The van der Waals surface area contributed by atoms with Crippen molar-refractivity contribution in [2.45, 2.75) is 24.9 Å². The molecule has 1 aromatic heterocycles. The third-order valence-corrected chi connectivity index (χ3v) is 5.24. The molecule has 0 amide bonds. The second-order valence-corrected chi connectivity index (χ2v) is 6.94. The Labute approximate surface area is 111 Å². The lowest BCUT2D eigenvalue weighted by Gasteiger charge is -2.12. The summed E-state index contributed by atoms with van der Waals surface area (Å²) in [5, 5.41) is 0.00265. The van der Waals surface area contributed by atoms with Crippen LogP contribution in [0.15, 0.2) is 11.4 Å². The fraction of sp³-hybridized carbons (Fsp3) is 0.667. The first-order valence-corrected chi connectivity index (χ1v) is 8.17. The zero-order valence-corrected chi connectivity index (χ0v) is 12.4. The third-order valence-electron chi connectivity index (χ3n) is 2.02. The number of sulfonamides is 1. The monoisotopic (exact) mass is 297 g/mol. The van der Waals surface area contributed by atoms with Crippen molar-refractivity contribution in [3.8, 4) is 0 Å². The molecule has 0 aliphatic carbocycles. The van der Waals surface area contributed by atoms with Crippen LogP contribution in [0.2, 0.25) is 5.15 Å². The molecule has 1 N–H and O–H groups in total. The van der Waals surface area contributed by atoms with Gasteiger partial charge < -0.3 is 4.57 Å². The maximum absolute atomic E-state index is 12.0. The molecule has 1 atom stereocenters. The molecule has 5 nitrogen and oxygen atoms in total. The van der Waals surface area contributed by atoms with E-state index in [-0.39, 0.29) is 16.2 Å². The van der Waals surface area contributed by atoms with Crippen molar-refractivity contribution in [2.75, 3.05) is 11.5 Å². The van der Waals surface area contributed by atoms with Gasteiger partial charge in [0.1, 0.15) is 5.15 Å². The van der Waals surface area contributed by atoms with Crippen LogP contribution in [0, 0.1) is 0 Å². The van der Waals surface area contributed by atoms with Crippen LogP contribution in [0.25, 0.3) is 0 Å². The van der Waals surface area contributed by atoms with Gasteiger partial charge in [-0.1, -0.05) is 18.5 Å². The normalized spacial score (nSPS) is 13.9. The Morgan fingerprint density at radius 3 is 2.76 bits per heavy atom. The number of imidazole rings is 1. The summed E-state index contributed by atoms with van der Waals surface area (Å²) >= 11 is 7.53. The molecule has 0 radical (unpaired) electrons. The molecule has 0 fully saturated rings. The van der Waals surface area contributed by atoms with Crippen LogP contribution in [0.5, 0.6) is 0 Å². The maximum atomic E-state index is 12.0. The van der Waals surface area contributed by atoms with E-state index in [0.29, 0.717) is 0 Å². The molecular weight excluding hydrogens is 282 g/mol. The summed E-state index contributed by atoms with van der Waals surface area (Å²) < 4.78 is 27.9. The zero-order chi connectivity index (χ0) is 13.1. The molecule has 1 heterocycles. The quantitative estimate of drug-likeness (QED) is 0.864. The van der Waals surface area contributed by atoms with Gasteiger partial charge in [-0.05, 0) is 12.7 Å². The molecule has 17 heavy (non-hydrogen) atoms. The highest BCUT2D eigenvalue weighted by Gasteiger charge is 2.23. The zero-order valence-electron chi connectivity index (χ0n) is 9.97. The topological polar surface area (TPSA) is 64.0 Å². The first kappa shape index (κ1) is 14.8. The van der Waals surface area contributed by atoms with Gasteiger partial charge in [-0.3, -0.25) is 0 Å². The molecule has 98 valence electrons. The summed E-state index contributed by atoms with van der Waals surface area (Å²) in [5.41, 5.74) is 0. The van der Waals surface area contributed by atoms with E-state index in [4.69, 9.17) is 11.6 Å². The second kappa shape index (κ2) is 6.08. The molecule has 1 rings (SSSR count). The van der Waals surface area contributed by atoms with Crippen LogP contribution >= 0.6 is 23.4 Å². The van der Waals surface area contributed by atoms with Gasteiger partial charge in [0.05, 0.1) is 6.33 Å².